The van der Waals surface area contributed by atoms with Crippen molar-refractivity contribution < 1.29 is 19.1 Å². The Balaban J connectivity index is 1.28. The van der Waals surface area contributed by atoms with Crippen molar-refractivity contribution in [3.63, 3.8) is 0 Å². The van der Waals surface area contributed by atoms with Gasteiger partial charge in [0, 0.05) is 24.6 Å². The topological polar surface area (TPSA) is 55.8 Å². The zero-order chi connectivity index (χ0) is 20.9. The minimum absolute atomic E-state index is 0.00936. The summed E-state index contributed by atoms with van der Waals surface area (Å²) in [6.07, 6.45) is 1.35. The first-order chi connectivity index (χ1) is 14.6. The van der Waals surface area contributed by atoms with E-state index in [9.17, 15) is 9.59 Å². The minimum atomic E-state index is -0.0520. The van der Waals surface area contributed by atoms with Crippen molar-refractivity contribution in [2.75, 3.05) is 26.8 Å². The average Bonchev–Trinajstić information content (AvgIpc) is 2.82. The minimum Gasteiger partial charge on any atom is -0.497 e. The number of carbonyl (C=O) groups excluding carboxylic acids is 2. The number of hydrogen-bond donors (Lipinski definition) is 0. The van der Waals surface area contributed by atoms with Gasteiger partial charge in [0.05, 0.1) is 7.11 Å². The van der Waals surface area contributed by atoms with Crippen LogP contribution in [0.3, 0.4) is 0 Å². The molecular weight excluding hydrogens is 378 g/mol. The van der Waals surface area contributed by atoms with Crippen molar-refractivity contribution in [3.05, 3.63) is 72.3 Å². The molecule has 0 bridgehead atoms. The summed E-state index contributed by atoms with van der Waals surface area (Å²) in [7, 11) is 1.60. The van der Waals surface area contributed by atoms with Gasteiger partial charge in [-0.05, 0) is 60.0 Å². The lowest BCUT2D eigenvalue weighted by Crippen LogP contribution is -2.42. The number of ketones is 1. The van der Waals surface area contributed by atoms with Crippen LogP contribution in [-0.2, 0) is 4.79 Å². The number of hydrogen-bond acceptors (Lipinski definition) is 4. The first-order valence-electron chi connectivity index (χ1n) is 10.2. The highest BCUT2D eigenvalue weighted by atomic mass is 16.5. The highest BCUT2D eigenvalue weighted by Gasteiger charge is 2.28. The Hall–Kier alpha value is -3.34. The number of carbonyl (C=O) groups is 2. The normalized spacial score (nSPS) is 14.5. The average molecular weight is 403 g/mol. The molecule has 0 radical (unpaired) electrons. The van der Waals surface area contributed by atoms with Crippen LogP contribution in [0.25, 0.3) is 10.8 Å². The monoisotopic (exact) mass is 403 g/mol. The molecular formula is C25H25NO4. The zero-order valence-electron chi connectivity index (χ0n) is 17.0. The van der Waals surface area contributed by atoms with E-state index in [2.05, 4.69) is 0 Å². The summed E-state index contributed by atoms with van der Waals surface area (Å²) in [4.78, 5) is 27.1. The molecule has 1 aliphatic rings. The van der Waals surface area contributed by atoms with Crippen LogP contribution < -0.4 is 9.47 Å². The molecule has 0 saturated carbocycles. The number of likely N-dealkylation sites (tertiary alicyclic amines) is 1. The lowest BCUT2D eigenvalue weighted by atomic mass is 9.89. The summed E-state index contributed by atoms with van der Waals surface area (Å²) in [5.41, 5.74) is 0.695. The molecule has 154 valence electrons. The van der Waals surface area contributed by atoms with Gasteiger partial charge < -0.3 is 14.4 Å². The van der Waals surface area contributed by atoms with Gasteiger partial charge in [0.1, 0.15) is 11.5 Å². The summed E-state index contributed by atoms with van der Waals surface area (Å²) in [5, 5.41) is 2.22. The van der Waals surface area contributed by atoms with Gasteiger partial charge in [0.2, 0.25) is 0 Å². The van der Waals surface area contributed by atoms with E-state index < -0.39 is 0 Å². The van der Waals surface area contributed by atoms with Gasteiger partial charge in [-0.25, -0.2) is 0 Å². The fourth-order valence-corrected chi connectivity index (χ4v) is 3.88. The zero-order valence-corrected chi connectivity index (χ0v) is 17.0. The van der Waals surface area contributed by atoms with Crippen molar-refractivity contribution in [3.8, 4) is 11.5 Å². The van der Waals surface area contributed by atoms with Gasteiger partial charge in [-0.2, -0.15) is 0 Å². The SMILES string of the molecule is COc1ccc(C(=O)C2CCN(C(=O)COc3ccc4ccccc4c3)CC2)cc1. The number of nitrogens with zero attached hydrogens (tertiary/aromatic N) is 1. The second-order valence-corrected chi connectivity index (χ2v) is 7.55. The molecule has 5 heteroatoms. The summed E-state index contributed by atoms with van der Waals surface area (Å²) >= 11 is 0. The van der Waals surface area contributed by atoms with E-state index in [0.29, 0.717) is 37.2 Å². The Morgan fingerprint density at radius 3 is 2.27 bits per heavy atom. The van der Waals surface area contributed by atoms with Crippen LogP contribution >= 0.6 is 0 Å². The summed E-state index contributed by atoms with van der Waals surface area (Å²) < 4.78 is 10.9. The van der Waals surface area contributed by atoms with E-state index in [1.54, 1.807) is 36.3 Å². The van der Waals surface area contributed by atoms with Gasteiger partial charge >= 0.3 is 0 Å². The van der Waals surface area contributed by atoms with Crippen molar-refractivity contribution >= 4 is 22.5 Å². The van der Waals surface area contributed by atoms with Gasteiger partial charge in [-0.3, -0.25) is 9.59 Å². The molecule has 0 spiro atoms. The Morgan fingerprint density at radius 1 is 0.900 bits per heavy atom. The second-order valence-electron chi connectivity index (χ2n) is 7.55. The van der Waals surface area contributed by atoms with Gasteiger partial charge in [-0.1, -0.05) is 30.3 Å². The van der Waals surface area contributed by atoms with Crippen molar-refractivity contribution in [1.29, 1.82) is 0 Å². The maximum absolute atomic E-state index is 12.7. The largest absolute Gasteiger partial charge is 0.497 e. The smallest absolute Gasteiger partial charge is 0.260 e. The molecule has 1 heterocycles. The third kappa shape index (κ3) is 4.46. The van der Waals surface area contributed by atoms with E-state index >= 15 is 0 Å². The van der Waals surface area contributed by atoms with Gasteiger partial charge in [0.15, 0.2) is 12.4 Å². The Bertz CT molecular complexity index is 1040. The number of benzene rings is 3. The van der Waals surface area contributed by atoms with Crippen LogP contribution in [-0.4, -0.2) is 43.4 Å². The molecule has 1 fully saturated rings. The number of methoxy groups -OCH3 is 1. The molecule has 3 aromatic carbocycles. The molecule has 0 aromatic heterocycles. The molecule has 0 aliphatic carbocycles. The summed E-state index contributed by atoms with van der Waals surface area (Å²) in [6.45, 7) is 1.16. The third-order valence-electron chi connectivity index (χ3n) is 5.68. The Morgan fingerprint density at radius 2 is 1.57 bits per heavy atom. The standard InChI is InChI=1S/C25H25NO4/c1-29-22-9-7-19(8-10-22)25(28)20-12-14-26(15-13-20)24(27)17-30-23-11-6-18-4-2-3-5-21(18)16-23/h2-11,16,20H,12-15,17H2,1H3. The molecule has 4 rings (SSSR count). The number of fused-ring (bicyclic) bond motifs is 1. The first kappa shape index (κ1) is 20.0. The molecule has 3 aromatic rings. The lowest BCUT2D eigenvalue weighted by molar-refractivity contribution is -0.134. The molecule has 0 N–H and O–H groups in total. The maximum Gasteiger partial charge on any atom is 0.260 e. The summed E-state index contributed by atoms with van der Waals surface area (Å²) in [6, 6.07) is 21.1. The van der Waals surface area contributed by atoms with Crippen LogP contribution in [0.5, 0.6) is 11.5 Å². The molecule has 1 saturated heterocycles. The van der Waals surface area contributed by atoms with Crippen molar-refractivity contribution in [2.24, 2.45) is 5.92 Å². The highest BCUT2D eigenvalue weighted by Crippen LogP contribution is 2.24. The van der Waals surface area contributed by atoms with E-state index in [4.69, 9.17) is 9.47 Å². The van der Waals surface area contributed by atoms with Crippen molar-refractivity contribution in [1.82, 2.24) is 4.90 Å². The van der Waals surface area contributed by atoms with Gasteiger partial charge in [0.25, 0.3) is 5.91 Å². The highest BCUT2D eigenvalue weighted by molar-refractivity contribution is 5.98. The molecule has 1 amide bonds. The fraction of sp³-hybridized carbons (Fsp3) is 0.280. The van der Waals surface area contributed by atoms with Crippen LogP contribution in [0.1, 0.15) is 23.2 Å². The van der Waals surface area contributed by atoms with E-state index in [1.807, 2.05) is 42.5 Å². The number of amides is 1. The predicted octanol–water partition coefficient (Wildman–Crippen LogP) is 4.35. The van der Waals surface area contributed by atoms with Crippen LogP contribution in [0.15, 0.2) is 66.7 Å². The van der Waals surface area contributed by atoms with Gasteiger partial charge in [-0.15, -0.1) is 0 Å². The molecule has 30 heavy (non-hydrogen) atoms. The van der Waals surface area contributed by atoms with Crippen LogP contribution in [0, 0.1) is 5.92 Å². The number of piperidine rings is 1. The van der Waals surface area contributed by atoms with Crippen molar-refractivity contribution in [2.45, 2.75) is 12.8 Å². The lowest BCUT2D eigenvalue weighted by Gasteiger charge is -2.31. The molecule has 0 atom stereocenters. The first-order valence-corrected chi connectivity index (χ1v) is 10.2. The number of ether oxygens (including phenoxy) is 2. The number of Topliss-reactive ketones (excluding diaryl/α,β-unsaturated/α-hetero) is 1. The Labute approximate surface area is 176 Å². The second kappa shape index (κ2) is 8.99. The number of rotatable bonds is 6. The third-order valence-corrected chi connectivity index (χ3v) is 5.68. The quantitative estimate of drug-likeness (QED) is 0.574. The molecule has 0 unspecified atom stereocenters. The summed E-state index contributed by atoms with van der Waals surface area (Å²) in [5.74, 6) is 1.46. The maximum atomic E-state index is 12.7. The van der Waals surface area contributed by atoms with E-state index in [1.165, 1.54) is 0 Å². The Kier molecular flexibility index (Phi) is 5.98. The fourth-order valence-electron chi connectivity index (χ4n) is 3.88. The van der Waals surface area contributed by atoms with Crippen LogP contribution in [0.2, 0.25) is 0 Å². The molecule has 1 aliphatic heterocycles. The van der Waals surface area contributed by atoms with Crippen LogP contribution in [0.4, 0.5) is 0 Å². The van der Waals surface area contributed by atoms with E-state index in [-0.39, 0.29) is 24.2 Å². The molecule has 5 nitrogen and oxygen atoms in total. The van der Waals surface area contributed by atoms with E-state index in [0.717, 1.165) is 16.5 Å². The predicted molar refractivity (Wildman–Crippen MR) is 116 cm³/mol.